The zero-order valence-corrected chi connectivity index (χ0v) is 17.5. The van der Waals surface area contributed by atoms with Crippen LogP contribution in [0.5, 0.6) is 0 Å². The molecule has 1 aliphatic heterocycles. The molecule has 0 bridgehead atoms. The van der Waals surface area contributed by atoms with Gasteiger partial charge in [-0.1, -0.05) is 42.3 Å². The van der Waals surface area contributed by atoms with Crippen LogP contribution in [0.2, 0.25) is 10.0 Å². The molecule has 28 heavy (non-hydrogen) atoms. The van der Waals surface area contributed by atoms with Crippen molar-refractivity contribution in [3.8, 4) is 0 Å². The fourth-order valence-corrected chi connectivity index (χ4v) is 5.65. The molecule has 0 saturated carbocycles. The Labute approximate surface area is 174 Å². The minimum atomic E-state index is -4.37. The van der Waals surface area contributed by atoms with E-state index < -0.39 is 20.8 Å². The molecule has 0 radical (unpaired) electrons. The van der Waals surface area contributed by atoms with Crippen LogP contribution in [-0.2, 0) is 15.5 Å². The fraction of sp³-hybridized carbons (Fsp3) is 0.368. The molecule has 0 spiro atoms. The van der Waals surface area contributed by atoms with Crippen molar-refractivity contribution in [2.45, 2.75) is 30.4 Å². The number of amides is 1. The predicted octanol–water partition coefficient (Wildman–Crippen LogP) is 3.84. The lowest BCUT2D eigenvalue weighted by molar-refractivity contribution is 0.0776. The molecule has 150 valence electrons. The second kappa shape index (κ2) is 7.99. The number of rotatable bonds is 5. The van der Waals surface area contributed by atoms with E-state index in [9.17, 15) is 17.8 Å². The van der Waals surface area contributed by atoms with Crippen LogP contribution in [0, 0.1) is 0 Å². The van der Waals surface area contributed by atoms with E-state index in [1.165, 1.54) is 6.20 Å². The van der Waals surface area contributed by atoms with E-state index in [0.29, 0.717) is 28.6 Å². The molecule has 2 unspecified atom stereocenters. The first kappa shape index (κ1) is 21.0. The first-order valence-electron chi connectivity index (χ1n) is 8.81. The number of likely N-dealkylation sites (tertiary alicyclic amines) is 1. The average molecular weight is 443 g/mol. The Balaban J connectivity index is 2.06. The number of hydrogen-bond donors (Lipinski definition) is 1. The van der Waals surface area contributed by atoms with Gasteiger partial charge in [0.2, 0.25) is 0 Å². The molecule has 2 heterocycles. The number of hydrogen-bond acceptors (Lipinski definition) is 4. The number of pyridine rings is 1. The van der Waals surface area contributed by atoms with E-state index in [2.05, 4.69) is 4.98 Å². The summed E-state index contributed by atoms with van der Waals surface area (Å²) in [6.07, 6.45) is 2.08. The lowest BCUT2D eigenvalue weighted by Crippen LogP contribution is -2.47. The number of benzene rings is 1. The quantitative estimate of drug-likeness (QED) is 0.710. The largest absolute Gasteiger partial charge is 0.336 e. The molecule has 0 aliphatic carbocycles. The van der Waals surface area contributed by atoms with Crippen LogP contribution < -0.4 is 0 Å². The van der Waals surface area contributed by atoms with E-state index in [-0.39, 0.29) is 24.6 Å². The van der Waals surface area contributed by atoms with Gasteiger partial charge in [0.1, 0.15) is 5.69 Å². The van der Waals surface area contributed by atoms with Crippen LogP contribution in [0.1, 0.15) is 35.8 Å². The maximum absolute atomic E-state index is 12.9. The monoisotopic (exact) mass is 442 g/mol. The van der Waals surface area contributed by atoms with E-state index in [1.54, 1.807) is 48.2 Å². The summed E-state index contributed by atoms with van der Waals surface area (Å²) in [5, 5.41) is -0.447. The Kier molecular flexibility index (Phi) is 6.00. The molecule has 1 fully saturated rings. The minimum absolute atomic E-state index is 0.124. The molecule has 1 N–H and O–H groups in total. The molecule has 1 aromatic carbocycles. The van der Waals surface area contributed by atoms with Crippen molar-refractivity contribution < 1.29 is 17.8 Å². The first-order valence-corrected chi connectivity index (χ1v) is 11.1. The number of halogens is 2. The van der Waals surface area contributed by atoms with Gasteiger partial charge in [-0.3, -0.25) is 14.3 Å². The topological polar surface area (TPSA) is 87.6 Å². The van der Waals surface area contributed by atoms with Crippen molar-refractivity contribution in [3.63, 3.8) is 0 Å². The van der Waals surface area contributed by atoms with Gasteiger partial charge in [-0.15, -0.1) is 0 Å². The molecular formula is C19H20Cl2N2O4S. The van der Waals surface area contributed by atoms with Crippen LogP contribution >= 0.6 is 23.2 Å². The fourth-order valence-electron chi connectivity index (χ4n) is 4.03. The van der Waals surface area contributed by atoms with Crippen LogP contribution in [-0.4, -0.2) is 47.1 Å². The highest BCUT2D eigenvalue weighted by Gasteiger charge is 2.51. The van der Waals surface area contributed by atoms with Crippen molar-refractivity contribution >= 4 is 39.2 Å². The number of carbonyl (C=O) groups is 1. The molecule has 9 heteroatoms. The highest BCUT2D eigenvalue weighted by Crippen LogP contribution is 2.43. The van der Waals surface area contributed by atoms with Gasteiger partial charge in [-0.05, 0) is 42.7 Å². The third-order valence-corrected chi connectivity index (χ3v) is 7.56. The Morgan fingerprint density at radius 1 is 1.29 bits per heavy atom. The van der Waals surface area contributed by atoms with Crippen molar-refractivity contribution in [1.29, 1.82) is 0 Å². The molecule has 2 atom stereocenters. The lowest BCUT2D eigenvalue weighted by atomic mass is 9.75. The summed E-state index contributed by atoms with van der Waals surface area (Å²) >= 11 is 12.2. The van der Waals surface area contributed by atoms with Gasteiger partial charge >= 0.3 is 0 Å². The van der Waals surface area contributed by atoms with Gasteiger partial charge in [0, 0.05) is 24.7 Å². The summed E-state index contributed by atoms with van der Waals surface area (Å²) in [6, 6.07) is 9.97. The maximum Gasteiger partial charge on any atom is 0.272 e. The smallest absolute Gasteiger partial charge is 0.272 e. The second-order valence-corrected chi connectivity index (χ2v) is 9.30. The van der Waals surface area contributed by atoms with Gasteiger partial charge in [-0.2, -0.15) is 8.42 Å². The lowest BCUT2D eigenvalue weighted by Gasteiger charge is -2.36. The standard InChI is InChI=1S/C19H20Cl2N2O4S/c1-2-17(28(25,26)27)19(13-6-7-14(20)15(21)11-13)8-10-23(12-19)18(24)16-5-3-4-9-22-16/h3-7,9,11,17H,2,8,10,12H2,1H3,(H,25,26,27). The van der Waals surface area contributed by atoms with Crippen LogP contribution in [0.15, 0.2) is 42.6 Å². The first-order chi connectivity index (χ1) is 13.2. The number of nitrogens with zero attached hydrogens (tertiary/aromatic N) is 2. The van der Waals surface area contributed by atoms with Crippen LogP contribution in [0.3, 0.4) is 0 Å². The molecule has 2 aromatic rings. The number of carbonyl (C=O) groups excluding carboxylic acids is 1. The third-order valence-electron chi connectivity index (χ3n) is 5.31. The Hall–Kier alpha value is -1.67. The summed E-state index contributed by atoms with van der Waals surface area (Å²) in [5.74, 6) is -0.285. The SMILES string of the molecule is CCC(C1(c2ccc(Cl)c(Cl)c2)CCN(C(=O)c2ccccn2)C1)S(=O)(=O)O. The van der Waals surface area contributed by atoms with Crippen molar-refractivity contribution in [2.75, 3.05) is 13.1 Å². The third kappa shape index (κ3) is 3.89. The molecule has 6 nitrogen and oxygen atoms in total. The van der Waals surface area contributed by atoms with E-state index in [0.717, 1.165) is 0 Å². The highest BCUT2D eigenvalue weighted by atomic mass is 35.5. The highest BCUT2D eigenvalue weighted by molar-refractivity contribution is 7.86. The molecule has 1 aromatic heterocycles. The van der Waals surface area contributed by atoms with Crippen molar-refractivity contribution in [1.82, 2.24) is 9.88 Å². The Morgan fingerprint density at radius 3 is 2.61 bits per heavy atom. The maximum atomic E-state index is 12.9. The summed E-state index contributed by atoms with van der Waals surface area (Å²) in [7, 11) is -4.37. The summed E-state index contributed by atoms with van der Waals surface area (Å²) in [5.41, 5.74) is -0.0869. The van der Waals surface area contributed by atoms with Gasteiger partial charge in [-0.25, -0.2) is 0 Å². The second-order valence-electron chi connectivity index (χ2n) is 6.89. The van der Waals surface area contributed by atoms with Gasteiger partial charge in [0.25, 0.3) is 16.0 Å². The number of aromatic nitrogens is 1. The molecule has 1 saturated heterocycles. The normalized spacial score (nSPS) is 20.9. The molecule has 1 aliphatic rings. The minimum Gasteiger partial charge on any atom is -0.336 e. The van der Waals surface area contributed by atoms with E-state index >= 15 is 0 Å². The summed E-state index contributed by atoms with van der Waals surface area (Å²) in [6.45, 7) is 2.15. The van der Waals surface area contributed by atoms with Gasteiger partial charge in [0.05, 0.1) is 15.3 Å². The molecule has 1 amide bonds. The van der Waals surface area contributed by atoms with Gasteiger partial charge < -0.3 is 4.90 Å². The zero-order chi connectivity index (χ0) is 20.5. The van der Waals surface area contributed by atoms with Crippen LogP contribution in [0.4, 0.5) is 0 Å². The van der Waals surface area contributed by atoms with Crippen LogP contribution in [0.25, 0.3) is 0 Å². The van der Waals surface area contributed by atoms with Crippen molar-refractivity contribution in [2.24, 2.45) is 0 Å². The summed E-state index contributed by atoms with van der Waals surface area (Å²) < 4.78 is 34.3. The Bertz CT molecular complexity index is 985. The molecule has 3 rings (SSSR count). The predicted molar refractivity (Wildman–Crippen MR) is 109 cm³/mol. The average Bonchev–Trinajstić information content (AvgIpc) is 3.09. The van der Waals surface area contributed by atoms with Crippen molar-refractivity contribution in [3.05, 3.63) is 63.9 Å². The summed E-state index contributed by atoms with van der Waals surface area (Å²) in [4.78, 5) is 18.5. The van der Waals surface area contributed by atoms with E-state index in [4.69, 9.17) is 23.2 Å². The Morgan fingerprint density at radius 2 is 2.04 bits per heavy atom. The van der Waals surface area contributed by atoms with E-state index in [1.807, 2.05) is 0 Å². The zero-order valence-electron chi connectivity index (χ0n) is 15.2. The van der Waals surface area contributed by atoms with Gasteiger partial charge in [0.15, 0.2) is 0 Å². The molecular weight excluding hydrogens is 423 g/mol.